The first-order valence-corrected chi connectivity index (χ1v) is 13.5. The number of hydrogen-bond acceptors (Lipinski definition) is 8. The van der Waals surface area contributed by atoms with Gasteiger partial charge in [-0.25, -0.2) is 9.78 Å². The second-order valence-electron chi connectivity index (χ2n) is 10.7. The largest absolute Gasteiger partial charge is 0.444 e. The Morgan fingerprint density at radius 3 is 2.46 bits per heavy atom. The van der Waals surface area contributed by atoms with Crippen molar-refractivity contribution in [3.05, 3.63) is 87.7 Å². The van der Waals surface area contributed by atoms with Gasteiger partial charge in [-0.3, -0.25) is 4.79 Å². The molecule has 2 heterocycles. The van der Waals surface area contributed by atoms with Gasteiger partial charge in [-0.05, 0) is 58.4 Å². The molecule has 1 N–H and O–H groups in total. The van der Waals surface area contributed by atoms with Crippen molar-refractivity contribution in [2.24, 2.45) is 0 Å². The highest BCUT2D eigenvalue weighted by atomic mass is 32.1. The molecule has 2 aromatic carbocycles. The van der Waals surface area contributed by atoms with Crippen LogP contribution in [0.15, 0.2) is 64.4 Å². The number of thiazole rings is 1. The molecule has 2 aromatic heterocycles. The van der Waals surface area contributed by atoms with Crippen LogP contribution < -0.4 is 5.32 Å². The molecule has 4 aromatic rings. The molecule has 0 saturated carbocycles. The van der Waals surface area contributed by atoms with Crippen LogP contribution >= 0.6 is 11.3 Å². The summed E-state index contributed by atoms with van der Waals surface area (Å²) in [5.41, 5.74) is 1.27. The molecular weight excluding hydrogens is 514 g/mol. The number of carbonyl (C=O) groups excluding carboxylic acids is 2. The van der Waals surface area contributed by atoms with Crippen molar-refractivity contribution in [3.8, 4) is 11.5 Å². The SMILES string of the molecule is Cc1csc(CN(C)C(=O)c2cccc(-c3nnc([C@@](C)(Cc4ccccc4)NC(=O)OC(C)(C)C)o3)c2)n1. The van der Waals surface area contributed by atoms with Crippen LogP contribution in [0.4, 0.5) is 4.79 Å². The van der Waals surface area contributed by atoms with Crippen molar-refractivity contribution in [2.45, 2.75) is 58.7 Å². The van der Waals surface area contributed by atoms with E-state index in [0.29, 0.717) is 24.1 Å². The number of carbonyl (C=O) groups is 2. The molecule has 10 heteroatoms. The van der Waals surface area contributed by atoms with Gasteiger partial charge in [0.1, 0.15) is 16.1 Å². The maximum absolute atomic E-state index is 13.1. The molecule has 0 spiro atoms. The van der Waals surface area contributed by atoms with E-state index in [4.69, 9.17) is 9.15 Å². The lowest BCUT2D eigenvalue weighted by Gasteiger charge is -2.29. The van der Waals surface area contributed by atoms with E-state index in [2.05, 4.69) is 20.5 Å². The highest BCUT2D eigenvalue weighted by molar-refractivity contribution is 7.09. The van der Waals surface area contributed by atoms with E-state index in [-0.39, 0.29) is 17.7 Å². The summed E-state index contributed by atoms with van der Waals surface area (Å²) in [6.07, 6.45) is -0.194. The third-order valence-electron chi connectivity index (χ3n) is 5.82. The number of nitrogens with zero attached hydrogens (tertiary/aromatic N) is 4. The van der Waals surface area contributed by atoms with Crippen LogP contribution in [0.3, 0.4) is 0 Å². The first-order valence-electron chi connectivity index (χ1n) is 12.6. The average Bonchev–Trinajstić information content (AvgIpc) is 3.53. The normalized spacial score (nSPS) is 13.0. The van der Waals surface area contributed by atoms with Crippen LogP contribution in [-0.2, 0) is 23.2 Å². The fourth-order valence-corrected chi connectivity index (χ4v) is 4.85. The van der Waals surface area contributed by atoms with Crippen LogP contribution in [0.1, 0.15) is 60.2 Å². The zero-order valence-corrected chi connectivity index (χ0v) is 23.8. The predicted molar refractivity (Wildman–Crippen MR) is 149 cm³/mol. The lowest BCUT2D eigenvalue weighted by atomic mass is 9.92. The van der Waals surface area contributed by atoms with E-state index in [1.807, 2.05) is 49.6 Å². The van der Waals surface area contributed by atoms with E-state index in [1.54, 1.807) is 57.0 Å². The maximum Gasteiger partial charge on any atom is 0.408 e. The minimum atomic E-state index is -1.05. The van der Waals surface area contributed by atoms with Crippen LogP contribution in [0.2, 0.25) is 0 Å². The van der Waals surface area contributed by atoms with Crippen molar-refractivity contribution in [1.29, 1.82) is 0 Å². The summed E-state index contributed by atoms with van der Waals surface area (Å²) in [5, 5.41) is 14.3. The Morgan fingerprint density at radius 2 is 1.79 bits per heavy atom. The average molecular weight is 548 g/mol. The quantitative estimate of drug-likeness (QED) is 0.299. The zero-order valence-electron chi connectivity index (χ0n) is 23.0. The summed E-state index contributed by atoms with van der Waals surface area (Å²) in [6.45, 7) is 9.57. The van der Waals surface area contributed by atoms with Crippen molar-refractivity contribution in [2.75, 3.05) is 7.05 Å². The van der Waals surface area contributed by atoms with Crippen LogP contribution in [0.5, 0.6) is 0 Å². The van der Waals surface area contributed by atoms with E-state index >= 15 is 0 Å². The standard InChI is InChI=1S/C29H33N5O4S/c1-19-18-39-23(30-19)17-34(6)25(35)22-14-10-13-21(15-22)24-32-33-26(37-24)29(5,16-20-11-8-7-9-12-20)31-27(36)38-28(2,3)4/h7-15,18H,16-17H2,1-6H3,(H,31,36)/t29-/m1/s1. The van der Waals surface area contributed by atoms with Crippen LogP contribution in [-0.4, -0.2) is 44.7 Å². The number of ether oxygens (including phenoxy) is 1. The Labute approximate surface area is 232 Å². The summed E-state index contributed by atoms with van der Waals surface area (Å²) in [5.74, 6) is 0.313. The molecule has 0 unspecified atom stereocenters. The third-order valence-corrected chi connectivity index (χ3v) is 6.77. The minimum Gasteiger partial charge on any atom is -0.444 e. The van der Waals surface area contributed by atoms with Crippen LogP contribution in [0.25, 0.3) is 11.5 Å². The number of nitrogens with one attached hydrogen (secondary N) is 1. The molecule has 2 amide bonds. The van der Waals surface area contributed by atoms with Gasteiger partial charge in [0.15, 0.2) is 0 Å². The van der Waals surface area contributed by atoms with Gasteiger partial charge in [0, 0.05) is 35.7 Å². The number of rotatable bonds is 8. The Hall–Kier alpha value is -4.05. The molecule has 0 aliphatic carbocycles. The second kappa shape index (κ2) is 11.4. The number of benzene rings is 2. The lowest BCUT2D eigenvalue weighted by molar-refractivity contribution is 0.0443. The summed E-state index contributed by atoms with van der Waals surface area (Å²) >= 11 is 1.53. The lowest BCUT2D eigenvalue weighted by Crippen LogP contribution is -2.47. The highest BCUT2D eigenvalue weighted by Gasteiger charge is 2.36. The molecule has 0 saturated heterocycles. The molecule has 39 heavy (non-hydrogen) atoms. The van der Waals surface area contributed by atoms with Crippen molar-refractivity contribution >= 4 is 23.3 Å². The number of alkyl carbamates (subject to hydrolysis) is 1. The molecule has 4 rings (SSSR count). The summed E-state index contributed by atoms with van der Waals surface area (Å²) < 4.78 is 11.6. The fourth-order valence-electron chi connectivity index (χ4n) is 4.02. The van der Waals surface area contributed by atoms with Gasteiger partial charge in [-0.15, -0.1) is 21.5 Å². The summed E-state index contributed by atoms with van der Waals surface area (Å²) in [7, 11) is 1.74. The number of aromatic nitrogens is 3. The van der Waals surface area contributed by atoms with Gasteiger partial charge >= 0.3 is 6.09 Å². The molecule has 0 radical (unpaired) electrons. The van der Waals surface area contributed by atoms with Gasteiger partial charge in [-0.1, -0.05) is 36.4 Å². The highest BCUT2D eigenvalue weighted by Crippen LogP contribution is 2.29. The van der Waals surface area contributed by atoms with Gasteiger partial charge in [0.25, 0.3) is 5.91 Å². The van der Waals surface area contributed by atoms with Gasteiger partial charge in [0.05, 0.1) is 6.54 Å². The van der Waals surface area contributed by atoms with Gasteiger partial charge in [-0.2, -0.15) is 0 Å². The van der Waals surface area contributed by atoms with E-state index < -0.39 is 17.2 Å². The van der Waals surface area contributed by atoms with E-state index in [1.165, 1.54) is 11.3 Å². The Kier molecular flexibility index (Phi) is 8.15. The Balaban J connectivity index is 1.58. The smallest absolute Gasteiger partial charge is 0.408 e. The van der Waals surface area contributed by atoms with E-state index in [0.717, 1.165) is 16.3 Å². The fraction of sp³-hybridized carbons (Fsp3) is 0.345. The molecule has 0 aliphatic heterocycles. The van der Waals surface area contributed by atoms with Gasteiger partial charge < -0.3 is 19.4 Å². The summed E-state index contributed by atoms with van der Waals surface area (Å²) in [6, 6.07) is 16.8. The molecule has 1 atom stereocenters. The van der Waals surface area contributed by atoms with Crippen molar-refractivity contribution < 1.29 is 18.7 Å². The zero-order chi connectivity index (χ0) is 28.2. The number of hydrogen-bond donors (Lipinski definition) is 1. The van der Waals surface area contributed by atoms with Crippen molar-refractivity contribution in [1.82, 2.24) is 25.4 Å². The Morgan fingerprint density at radius 1 is 1.05 bits per heavy atom. The maximum atomic E-state index is 13.1. The summed E-state index contributed by atoms with van der Waals surface area (Å²) in [4.78, 5) is 31.9. The minimum absolute atomic E-state index is 0.148. The van der Waals surface area contributed by atoms with Crippen LogP contribution in [0, 0.1) is 6.92 Å². The molecule has 0 bridgehead atoms. The topological polar surface area (TPSA) is 110 Å². The van der Waals surface area contributed by atoms with E-state index in [9.17, 15) is 9.59 Å². The van der Waals surface area contributed by atoms with Crippen molar-refractivity contribution in [3.63, 3.8) is 0 Å². The molecule has 0 fully saturated rings. The molecule has 9 nitrogen and oxygen atoms in total. The predicted octanol–water partition coefficient (Wildman–Crippen LogP) is 5.76. The first-order chi connectivity index (χ1) is 18.4. The number of amides is 2. The second-order valence-corrected chi connectivity index (χ2v) is 11.6. The van der Waals surface area contributed by atoms with Gasteiger partial charge in [0.2, 0.25) is 11.8 Å². The monoisotopic (exact) mass is 547 g/mol. The molecule has 0 aliphatic rings. The molecule has 204 valence electrons. The number of aryl methyl sites for hydroxylation is 1. The Bertz CT molecular complexity index is 1440. The molecular formula is C29H33N5O4S. The third kappa shape index (κ3) is 7.29. The first kappa shape index (κ1) is 28.0.